The maximum atomic E-state index is 12.6. The zero-order chi connectivity index (χ0) is 19.7. The molecule has 0 aliphatic carbocycles. The Bertz CT molecular complexity index is 1110. The first-order chi connectivity index (χ1) is 13.4. The molecule has 0 bridgehead atoms. The third-order valence-corrected chi connectivity index (χ3v) is 6.82. The largest absolute Gasteiger partial charge is 0.307 e. The van der Waals surface area contributed by atoms with Gasteiger partial charge in [-0.05, 0) is 54.1 Å². The molecule has 1 aliphatic heterocycles. The average Bonchev–Trinajstić information content (AvgIpc) is 3.32. The van der Waals surface area contributed by atoms with E-state index >= 15 is 0 Å². The molecule has 2 aromatic carbocycles. The molecule has 2 heterocycles. The van der Waals surface area contributed by atoms with E-state index in [4.69, 9.17) is 0 Å². The summed E-state index contributed by atoms with van der Waals surface area (Å²) in [5.74, 6) is -0.0886. The van der Waals surface area contributed by atoms with Crippen LogP contribution in [-0.4, -0.2) is 20.9 Å². The van der Waals surface area contributed by atoms with Gasteiger partial charge in [0.05, 0.1) is 10.6 Å². The molecule has 0 unspecified atom stereocenters. The lowest BCUT2D eigenvalue weighted by atomic mass is 10.1. The number of rotatable bonds is 5. The van der Waals surface area contributed by atoms with Crippen LogP contribution in [-0.2, 0) is 22.2 Å². The minimum atomic E-state index is -3.51. The van der Waals surface area contributed by atoms with Gasteiger partial charge in [0.1, 0.15) is 0 Å². The molecule has 4 rings (SSSR count). The highest BCUT2D eigenvalue weighted by Gasteiger charge is 2.26. The van der Waals surface area contributed by atoms with E-state index in [2.05, 4.69) is 4.72 Å². The minimum absolute atomic E-state index is 0.0125. The number of hydrogen-bond donors (Lipinski definition) is 1. The summed E-state index contributed by atoms with van der Waals surface area (Å²) < 4.78 is 27.7. The standard InChI is InChI=1S/C21H20N2O3S2/c1-15-4-6-16(7-5-15)14-28(25,26)22-18-8-9-19-17(13-18)10-11-23(19)21(24)20-3-2-12-27-20/h2-9,12-13,22H,10-11,14H2,1H3. The molecule has 5 nitrogen and oxygen atoms in total. The second-order valence-electron chi connectivity index (χ2n) is 6.87. The van der Waals surface area contributed by atoms with Crippen LogP contribution in [0.25, 0.3) is 0 Å². The molecule has 1 aromatic heterocycles. The highest BCUT2D eigenvalue weighted by molar-refractivity contribution is 7.91. The number of fused-ring (bicyclic) bond motifs is 1. The number of benzene rings is 2. The summed E-state index contributed by atoms with van der Waals surface area (Å²) in [4.78, 5) is 15.1. The average molecular weight is 413 g/mol. The molecule has 1 N–H and O–H groups in total. The first-order valence-electron chi connectivity index (χ1n) is 8.96. The van der Waals surface area contributed by atoms with Crippen molar-refractivity contribution in [1.29, 1.82) is 0 Å². The molecule has 1 amide bonds. The van der Waals surface area contributed by atoms with Crippen LogP contribution in [0.15, 0.2) is 60.0 Å². The van der Waals surface area contributed by atoms with Crippen LogP contribution in [0.5, 0.6) is 0 Å². The number of sulfonamides is 1. The summed E-state index contributed by atoms with van der Waals surface area (Å²) in [5, 5.41) is 1.89. The van der Waals surface area contributed by atoms with E-state index in [0.717, 1.165) is 22.4 Å². The van der Waals surface area contributed by atoms with E-state index < -0.39 is 10.0 Å². The number of nitrogens with zero attached hydrogens (tertiary/aromatic N) is 1. The van der Waals surface area contributed by atoms with Gasteiger partial charge in [-0.3, -0.25) is 9.52 Å². The molecule has 0 saturated carbocycles. The molecule has 3 aromatic rings. The van der Waals surface area contributed by atoms with Crippen molar-refractivity contribution in [3.63, 3.8) is 0 Å². The summed E-state index contributed by atoms with van der Waals surface area (Å²) in [5.41, 5.74) is 4.18. The highest BCUT2D eigenvalue weighted by Crippen LogP contribution is 2.32. The highest BCUT2D eigenvalue weighted by atomic mass is 32.2. The van der Waals surface area contributed by atoms with Crippen LogP contribution >= 0.6 is 11.3 Å². The van der Waals surface area contributed by atoms with Crippen molar-refractivity contribution in [1.82, 2.24) is 0 Å². The number of carbonyl (C=O) groups is 1. The van der Waals surface area contributed by atoms with Crippen molar-refractivity contribution in [2.75, 3.05) is 16.2 Å². The Morgan fingerprint density at radius 1 is 1.14 bits per heavy atom. The van der Waals surface area contributed by atoms with Crippen LogP contribution in [0.2, 0.25) is 0 Å². The Labute approximate surface area is 168 Å². The number of hydrogen-bond acceptors (Lipinski definition) is 4. The lowest BCUT2D eigenvalue weighted by Gasteiger charge is -2.17. The Balaban J connectivity index is 1.50. The summed E-state index contributed by atoms with van der Waals surface area (Å²) in [6, 6.07) is 16.5. The van der Waals surface area contributed by atoms with Gasteiger partial charge in [-0.2, -0.15) is 0 Å². The fourth-order valence-electron chi connectivity index (χ4n) is 3.33. The van der Waals surface area contributed by atoms with E-state index in [1.165, 1.54) is 11.3 Å². The zero-order valence-corrected chi connectivity index (χ0v) is 17.0. The Kier molecular flexibility index (Phi) is 4.95. The van der Waals surface area contributed by atoms with E-state index in [1.54, 1.807) is 11.0 Å². The van der Waals surface area contributed by atoms with Crippen LogP contribution < -0.4 is 9.62 Å². The molecule has 144 valence electrons. The van der Waals surface area contributed by atoms with Crippen molar-refractivity contribution in [2.45, 2.75) is 19.1 Å². The summed E-state index contributed by atoms with van der Waals surface area (Å²) >= 11 is 1.42. The lowest BCUT2D eigenvalue weighted by molar-refractivity contribution is 0.0993. The molecular formula is C21H20N2O3S2. The van der Waals surface area contributed by atoms with Gasteiger partial charge >= 0.3 is 0 Å². The lowest BCUT2D eigenvalue weighted by Crippen LogP contribution is -2.28. The van der Waals surface area contributed by atoms with Gasteiger partial charge in [-0.15, -0.1) is 11.3 Å². The maximum absolute atomic E-state index is 12.6. The third-order valence-electron chi connectivity index (χ3n) is 4.70. The van der Waals surface area contributed by atoms with Crippen molar-refractivity contribution in [3.8, 4) is 0 Å². The molecule has 0 fully saturated rings. The van der Waals surface area contributed by atoms with Gasteiger partial charge in [0.15, 0.2) is 0 Å². The summed E-state index contributed by atoms with van der Waals surface area (Å²) in [7, 11) is -3.51. The minimum Gasteiger partial charge on any atom is -0.307 e. The van der Waals surface area contributed by atoms with Crippen molar-refractivity contribution < 1.29 is 13.2 Å². The third kappa shape index (κ3) is 3.95. The van der Waals surface area contributed by atoms with E-state index in [-0.39, 0.29) is 11.7 Å². The monoisotopic (exact) mass is 412 g/mol. The molecule has 0 spiro atoms. The van der Waals surface area contributed by atoms with Crippen molar-refractivity contribution in [2.24, 2.45) is 0 Å². The van der Waals surface area contributed by atoms with Crippen LogP contribution in [0.1, 0.15) is 26.4 Å². The van der Waals surface area contributed by atoms with Crippen LogP contribution in [0.4, 0.5) is 11.4 Å². The summed E-state index contributed by atoms with van der Waals surface area (Å²) in [6.07, 6.45) is 0.708. The number of amides is 1. The van der Waals surface area contributed by atoms with E-state index in [0.29, 0.717) is 23.5 Å². The zero-order valence-electron chi connectivity index (χ0n) is 15.4. The number of carbonyl (C=O) groups excluding carboxylic acids is 1. The predicted molar refractivity (Wildman–Crippen MR) is 114 cm³/mol. The fraction of sp³-hybridized carbons (Fsp3) is 0.190. The molecule has 0 atom stereocenters. The molecule has 7 heteroatoms. The normalized spacial score (nSPS) is 13.4. The quantitative estimate of drug-likeness (QED) is 0.683. The van der Waals surface area contributed by atoms with Gasteiger partial charge < -0.3 is 4.90 Å². The van der Waals surface area contributed by atoms with Crippen molar-refractivity contribution in [3.05, 3.63) is 81.5 Å². The van der Waals surface area contributed by atoms with Gasteiger partial charge in [0.2, 0.25) is 10.0 Å². The van der Waals surface area contributed by atoms with Crippen molar-refractivity contribution >= 4 is 38.6 Å². The smallest absolute Gasteiger partial charge is 0.268 e. The van der Waals surface area contributed by atoms with Crippen LogP contribution in [0.3, 0.4) is 0 Å². The molecule has 0 radical (unpaired) electrons. The second kappa shape index (κ2) is 7.41. The SMILES string of the molecule is Cc1ccc(CS(=O)(=O)Nc2ccc3c(c2)CCN3C(=O)c2cccs2)cc1. The van der Waals surface area contributed by atoms with Gasteiger partial charge in [0.25, 0.3) is 5.91 Å². The number of nitrogens with one attached hydrogen (secondary N) is 1. The molecule has 1 aliphatic rings. The Morgan fingerprint density at radius 2 is 1.93 bits per heavy atom. The molecular weight excluding hydrogens is 392 g/mol. The van der Waals surface area contributed by atoms with Gasteiger partial charge in [-0.1, -0.05) is 35.9 Å². The Hall–Kier alpha value is -2.64. The first kappa shape index (κ1) is 18.7. The molecule has 28 heavy (non-hydrogen) atoms. The summed E-state index contributed by atoms with van der Waals surface area (Å²) in [6.45, 7) is 2.57. The fourth-order valence-corrected chi connectivity index (χ4v) is 5.19. The van der Waals surface area contributed by atoms with E-state index in [1.807, 2.05) is 60.8 Å². The van der Waals surface area contributed by atoms with Crippen LogP contribution in [0, 0.1) is 6.92 Å². The van der Waals surface area contributed by atoms with Gasteiger partial charge in [-0.25, -0.2) is 8.42 Å². The Morgan fingerprint density at radius 3 is 2.64 bits per heavy atom. The number of anilines is 2. The number of thiophene rings is 1. The maximum Gasteiger partial charge on any atom is 0.268 e. The first-order valence-corrected chi connectivity index (χ1v) is 11.5. The topological polar surface area (TPSA) is 66.5 Å². The molecule has 0 saturated heterocycles. The van der Waals surface area contributed by atoms with Gasteiger partial charge in [0, 0.05) is 17.9 Å². The van der Waals surface area contributed by atoms with E-state index in [9.17, 15) is 13.2 Å². The second-order valence-corrected chi connectivity index (χ2v) is 9.54. The predicted octanol–water partition coefficient (Wildman–Crippen LogP) is 4.20. The number of aryl methyl sites for hydroxylation is 1.